The first-order valence-electron chi connectivity index (χ1n) is 7.65. The monoisotopic (exact) mass is 339 g/mol. The fourth-order valence-corrected chi connectivity index (χ4v) is 2.71. The average molecular weight is 339 g/mol. The molecule has 1 aromatic carbocycles. The fraction of sp³-hybridized carbons (Fsp3) is 0.529. The van der Waals surface area contributed by atoms with E-state index in [1.165, 1.54) is 11.8 Å². The Morgan fingerprint density at radius 3 is 2.39 bits per heavy atom. The van der Waals surface area contributed by atoms with Gasteiger partial charge in [-0.05, 0) is 44.0 Å². The maximum absolute atomic E-state index is 12.1. The third-order valence-corrected chi connectivity index (χ3v) is 4.73. The Hall–Kier alpha value is -1.69. The van der Waals surface area contributed by atoms with Crippen molar-refractivity contribution >= 4 is 23.6 Å². The number of nitrogens with one attached hydrogen (secondary N) is 1. The number of thioether (sulfide) groups is 1. The Balaban J connectivity index is 2.56. The summed E-state index contributed by atoms with van der Waals surface area (Å²) in [7, 11) is 0. The van der Waals surface area contributed by atoms with E-state index in [-0.39, 0.29) is 24.0 Å². The number of rotatable bonds is 9. The van der Waals surface area contributed by atoms with Crippen LogP contribution in [0.4, 0.5) is 0 Å². The van der Waals surface area contributed by atoms with Crippen LogP contribution in [0, 0.1) is 5.92 Å². The van der Waals surface area contributed by atoms with Crippen LogP contribution in [-0.4, -0.2) is 34.9 Å². The van der Waals surface area contributed by atoms with Crippen molar-refractivity contribution in [2.24, 2.45) is 5.92 Å². The zero-order valence-electron chi connectivity index (χ0n) is 14.1. The van der Waals surface area contributed by atoms with Gasteiger partial charge in [-0.25, -0.2) is 0 Å². The van der Waals surface area contributed by atoms with Crippen molar-refractivity contribution in [1.29, 1.82) is 0 Å². The van der Waals surface area contributed by atoms with Gasteiger partial charge in [0.2, 0.25) is 5.91 Å². The maximum atomic E-state index is 12.1. The lowest BCUT2D eigenvalue weighted by molar-refractivity contribution is -0.139. The molecule has 0 saturated heterocycles. The van der Waals surface area contributed by atoms with E-state index >= 15 is 0 Å². The second kappa shape index (κ2) is 8.82. The molecule has 1 aromatic rings. The summed E-state index contributed by atoms with van der Waals surface area (Å²) >= 11 is 1.41. The number of ether oxygens (including phenoxy) is 1. The van der Waals surface area contributed by atoms with E-state index in [1.54, 1.807) is 6.92 Å². The number of carboxylic acid groups (broad SMARTS) is 1. The molecule has 1 rings (SSSR count). The smallest absolute Gasteiger partial charge is 0.305 e. The first-order valence-corrected chi connectivity index (χ1v) is 8.64. The molecular formula is C17H25NO4S. The molecule has 6 heteroatoms. The SMILES string of the molecule is CCOc1ccc(SCC(=O)NC(C)(CC(=O)O)C(C)C)cc1. The summed E-state index contributed by atoms with van der Waals surface area (Å²) in [5, 5.41) is 11.9. The van der Waals surface area contributed by atoms with E-state index in [4.69, 9.17) is 9.84 Å². The highest BCUT2D eigenvalue weighted by atomic mass is 32.2. The third kappa shape index (κ3) is 6.52. The predicted molar refractivity (Wildman–Crippen MR) is 92.0 cm³/mol. The van der Waals surface area contributed by atoms with Crippen LogP contribution in [-0.2, 0) is 9.59 Å². The number of hydrogen-bond acceptors (Lipinski definition) is 4. The summed E-state index contributed by atoms with van der Waals surface area (Å²) in [6.45, 7) is 8.12. The molecule has 0 bridgehead atoms. The van der Waals surface area contributed by atoms with E-state index in [9.17, 15) is 9.59 Å². The molecule has 0 spiro atoms. The van der Waals surface area contributed by atoms with E-state index in [1.807, 2.05) is 45.0 Å². The molecule has 128 valence electrons. The summed E-state index contributed by atoms with van der Waals surface area (Å²) in [4.78, 5) is 24.1. The number of amides is 1. The molecule has 0 aliphatic carbocycles. The van der Waals surface area contributed by atoms with Gasteiger partial charge >= 0.3 is 5.97 Å². The molecular weight excluding hydrogens is 314 g/mol. The molecule has 0 radical (unpaired) electrons. The molecule has 0 heterocycles. The largest absolute Gasteiger partial charge is 0.494 e. The third-order valence-electron chi connectivity index (χ3n) is 3.72. The van der Waals surface area contributed by atoms with Crippen molar-refractivity contribution in [2.45, 2.75) is 44.6 Å². The van der Waals surface area contributed by atoms with Crippen LogP contribution in [0.3, 0.4) is 0 Å². The fourth-order valence-electron chi connectivity index (χ4n) is 2.01. The molecule has 23 heavy (non-hydrogen) atoms. The molecule has 0 aliphatic rings. The second-order valence-electron chi connectivity index (χ2n) is 5.88. The number of hydrogen-bond donors (Lipinski definition) is 2. The highest BCUT2D eigenvalue weighted by Crippen LogP contribution is 2.23. The van der Waals surface area contributed by atoms with Crippen LogP contribution in [0.2, 0.25) is 0 Å². The highest BCUT2D eigenvalue weighted by Gasteiger charge is 2.32. The van der Waals surface area contributed by atoms with Crippen molar-refractivity contribution in [2.75, 3.05) is 12.4 Å². The van der Waals surface area contributed by atoms with Crippen LogP contribution in [0.25, 0.3) is 0 Å². The summed E-state index contributed by atoms with van der Waals surface area (Å²) in [6, 6.07) is 7.54. The number of carboxylic acids is 1. The predicted octanol–water partition coefficient (Wildman–Crippen LogP) is 3.18. The topological polar surface area (TPSA) is 75.6 Å². The zero-order chi connectivity index (χ0) is 17.5. The summed E-state index contributed by atoms with van der Waals surface area (Å²) < 4.78 is 5.37. The Kier molecular flexibility index (Phi) is 7.42. The second-order valence-corrected chi connectivity index (χ2v) is 6.93. The normalized spacial score (nSPS) is 13.4. The Labute approximate surface area is 141 Å². The first kappa shape index (κ1) is 19.4. The highest BCUT2D eigenvalue weighted by molar-refractivity contribution is 8.00. The van der Waals surface area contributed by atoms with Gasteiger partial charge in [-0.1, -0.05) is 13.8 Å². The standard InChI is InChI=1S/C17H25NO4S/c1-5-22-13-6-8-14(9-7-13)23-11-15(19)18-17(4,12(2)3)10-16(20)21/h6-9,12H,5,10-11H2,1-4H3,(H,18,19)(H,20,21). The Morgan fingerprint density at radius 2 is 1.91 bits per heavy atom. The van der Waals surface area contributed by atoms with Gasteiger partial charge in [0, 0.05) is 10.4 Å². The lowest BCUT2D eigenvalue weighted by Gasteiger charge is -2.33. The minimum absolute atomic E-state index is 0.0260. The van der Waals surface area contributed by atoms with Crippen molar-refractivity contribution in [3.8, 4) is 5.75 Å². The molecule has 0 fully saturated rings. The Bertz CT molecular complexity index is 530. The number of benzene rings is 1. The lowest BCUT2D eigenvalue weighted by atomic mass is 9.85. The lowest BCUT2D eigenvalue weighted by Crippen LogP contribution is -2.51. The molecule has 1 amide bonds. The first-order chi connectivity index (χ1) is 10.8. The van der Waals surface area contributed by atoms with Crippen molar-refractivity contribution < 1.29 is 19.4 Å². The molecule has 5 nitrogen and oxygen atoms in total. The van der Waals surface area contributed by atoms with E-state index < -0.39 is 11.5 Å². The summed E-state index contributed by atoms with van der Waals surface area (Å²) in [5.74, 6) is -0.00853. The molecule has 0 saturated carbocycles. The van der Waals surface area contributed by atoms with Crippen LogP contribution in [0.15, 0.2) is 29.2 Å². The number of carbonyl (C=O) groups excluding carboxylic acids is 1. The van der Waals surface area contributed by atoms with Gasteiger partial charge in [-0.2, -0.15) is 0 Å². The minimum Gasteiger partial charge on any atom is -0.494 e. The minimum atomic E-state index is -0.916. The van der Waals surface area contributed by atoms with Crippen LogP contribution in [0.5, 0.6) is 5.75 Å². The van der Waals surface area contributed by atoms with Crippen LogP contribution < -0.4 is 10.1 Å². The maximum Gasteiger partial charge on any atom is 0.305 e. The molecule has 0 aromatic heterocycles. The number of aliphatic carboxylic acids is 1. The van der Waals surface area contributed by atoms with Crippen molar-refractivity contribution in [3.05, 3.63) is 24.3 Å². The van der Waals surface area contributed by atoms with Gasteiger partial charge in [0.05, 0.1) is 18.8 Å². The zero-order valence-corrected chi connectivity index (χ0v) is 14.9. The van der Waals surface area contributed by atoms with Gasteiger partial charge in [-0.15, -0.1) is 11.8 Å². The molecule has 2 N–H and O–H groups in total. The Morgan fingerprint density at radius 1 is 1.30 bits per heavy atom. The molecule has 1 atom stereocenters. The van der Waals surface area contributed by atoms with Crippen LogP contribution >= 0.6 is 11.8 Å². The van der Waals surface area contributed by atoms with E-state index in [0.29, 0.717) is 6.61 Å². The van der Waals surface area contributed by atoms with Gasteiger partial charge in [0.15, 0.2) is 0 Å². The quantitative estimate of drug-likeness (QED) is 0.676. The summed E-state index contributed by atoms with van der Waals surface area (Å²) in [5.41, 5.74) is -0.748. The van der Waals surface area contributed by atoms with Crippen LogP contribution in [0.1, 0.15) is 34.1 Å². The van der Waals surface area contributed by atoms with E-state index in [2.05, 4.69) is 5.32 Å². The average Bonchev–Trinajstić information content (AvgIpc) is 2.45. The molecule has 1 unspecified atom stereocenters. The number of carbonyl (C=O) groups is 2. The summed E-state index contributed by atoms with van der Waals surface area (Å²) in [6.07, 6.45) is -0.0931. The van der Waals surface area contributed by atoms with Crippen molar-refractivity contribution in [1.82, 2.24) is 5.32 Å². The molecule has 0 aliphatic heterocycles. The van der Waals surface area contributed by atoms with Gasteiger partial charge < -0.3 is 15.2 Å². The van der Waals surface area contributed by atoms with Gasteiger partial charge in [0.1, 0.15) is 5.75 Å². The van der Waals surface area contributed by atoms with Crippen molar-refractivity contribution in [3.63, 3.8) is 0 Å². The van der Waals surface area contributed by atoms with Gasteiger partial charge in [0.25, 0.3) is 0 Å². The van der Waals surface area contributed by atoms with Gasteiger partial charge in [-0.3, -0.25) is 9.59 Å². The van der Waals surface area contributed by atoms with E-state index in [0.717, 1.165) is 10.6 Å².